The Morgan fingerprint density at radius 1 is 1.31 bits per heavy atom. The summed E-state index contributed by atoms with van der Waals surface area (Å²) in [4.78, 5) is 13.2. The van der Waals surface area contributed by atoms with Crippen molar-refractivity contribution >= 4 is 35.1 Å². The second kappa shape index (κ2) is 8.33. The van der Waals surface area contributed by atoms with E-state index in [1.807, 2.05) is 37.4 Å². The summed E-state index contributed by atoms with van der Waals surface area (Å²) in [6.07, 6.45) is 3.91. The highest BCUT2D eigenvalue weighted by atomic mass is 32.2. The summed E-state index contributed by atoms with van der Waals surface area (Å²) in [5.74, 6) is 7.84. The second-order valence-electron chi connectivity index (χ2n) is 5.41. The van der Waals surface area contributed by atoms with Crippen LogP contribution in [0.3, 0.4) is 0 Å². The maximum atomic E-state index is 12.2. The van der Waals surface area contributed by atoms with Crippen LogP contribution in [0.2, 0.25) is 0 Å². The van der Waals surface area contributed by atoms with Crippen LogP contribution in [0.5, 0.6) is 0 Å². The van der Waals surface area contributed by atoms with Crippen LogP contribution < -0.4 is 11.2 Å². The third-order valence-corrected chi connectivity index (χ3v) is 5.45. The molecule has 0 fully saturated rings. The minimum absolute atomic E-state index is 0.0482. The fraction of sp³-hybridized carbons (Fsp3) is 0.235. The molecule has 136 valence electrons. The van der Waals surface area contributed by atoms with Crippen molar-refractivity contribution in [3.05, 3.63) is 42.4 Å². The van der Waals surface area contributed by atoms with Gasteiger partial charge in [-0.25, -0.2) is 4.68 Å². The van der Waals surface area contributed by atoms with Gasteiger partial charge in [-0.15, -0.1) is 22.0 Å². The predicted octanol–water partition coefficient (Wildman–Crippen LogP) is 3.40. The van der Waals surface area contributed by atoms with Gasteiger partial charge in [-0.2, -0.15) is 0 Å². The van der Waals surface area contributed by atoms with Crippen molar-refractivity contribution in [3.63, 3.8) is 0 Å². The summed E-state index contributed by atoms with van der Waals surface area (Å²) in [7, 11) is 0. The lowest BCUT2D eigenvalue weighted by molar-refractivity contribution is -0.115. The Hall–Kier alpha value is -2.39. The number of aryl methyl sites for hydroxylation is 1. The normalized spacial score (nSPS) is 10.8. The van der Waals surface area contributed by atoms with Crippen LogP contribution in [0.4, 0.5) is 5.69 Å². The molecule has 9 heteroatoms. The van der Waals surface area contributed by atoms with E-state index in [0.29, 0.717) is 23.2 Å². The Kier molecular flexibility index (Phi) is 5.89. The Morgan fingerprint density at radius 3 is 2.85 bits per heavy atom. The van der Waals surface area contributed by atoms with E-state index in [2.05, 4.69) is 15.5 Å². The van der Waals surface area contributed by atoms with Gasteiger partial charge in [-0.3, -0.25) is 4.79 Å². The lowest BCUT2D eigenvalue weighted by Gasteiger charge is -2.09. The maximum absolute atomic E-state index is 12.2. The molecule has 3 rings (SSSR count). The van der Waals surface area contributed by atoms with Gasteiger partial charge in [0.2, 0.25) is 11.1 Å². The molecule has 2 heterocycles. The van der Waals surface area contributed by atoms with E-state index in [1.165, 1.54) is 16.4 Å². The molecule has 0 aliphatic rings. The van der Waals surface area contributed by atoms with E-state index in [0.717, 1.165) is 21.9 Å². The van der Waals surface area contributed by atoms with Crippen molar-refractivity contribution in [3.8, 4) is 11.4 Å². The minimum Gasteiger partial charge on any atom is -0.469 e. The van der Waals surface area contributed by atoms with Crippen molar-refractivity contribution in [1.29, 1.82) is 0 Å². The van der Waals surface area contributed by atoms with E-state index < -0.39 is 0 Å². The third kappa shape index (κ3) is 4.05. The summed E-state index contributed by atoms with van der Waals surface area (Å²) < 4.78 is 6.69. The number of para-hydroxylation sites is 1. The van der Waals surface area contributed by atoms with Crippen molar-refractivity contribution in [2.45, 2.75) is 23.4 Å². The Morgan fingerprint density at radius 2 is 2.12 bits per heavy atom. The van der Waals surface area contributed by atoms with Crippen molar-refractivity contribution in [2.24, 2.45) is 0 Å². The Bertz CT molecular complexity index is 906. The summed E-state index contributed by atoms with van der Waals surface area (Å²) in [5, 5.41) is 11.7. The number of amides is 1. The van der Waals surface area contributed by atoms with Gasteiger partial charge in [-0.05, 0) is 31.4 Å². The van der Waals surface area contributed by atoms with Gasteiger partial charge in [0.25, 0.3) is 0 Å². The summed E-state index contributed by atoms with van der Waals surface area (Å²) >= 11 is 2.98. The highest BCUT2D eigenvalue weighted by Gasteiger charge is 2.16. The highest BCUT2D eigenvalue weighted by Crippen LogP contribution is 2.26. The fourth-order valence-corrected chi connectivity index (χ4v) is 3.72. The minimum atomic E-state index is -0.0482. The summed E-state index contributed by atoms with van der Waals surface area (Å²) in [6.45, 7) is 1.84. The molecule has 1 aromatic carbocycles. The molecule has 0 unspecified atom stereocenters. The average molecular weight is 390 g/mol. The number of hydrogen-bond donors (Lipinski definition) is 2. The van der Waals surface area contributed by atoms with Crippen molar-refractivity contribution < 1.29 is 9.21 Å². The summed E-state index contributed by atoms with van der Waals surface area (Å²) in [5.41, 5.74) is 1.63. The highest BCUT2D eigenvalue weighted by molar-refractivity contribution is 7.99. The number of thioether (sulfide) groups is 2. The number of furan rings is 1. The monoisotopic (exact) mass is 389 g/mol. The van der Waals surface area contributed by atoms with Crippen molar-refractivity contribution in [1.82, 2.24) is 14.9 Å². The number of hydrogen-bond acceptors (Lipinski definition) is 7. The molecular weight excluding hydrogens is 370 g/mol. The van der Waals surface area contributed by atoms with Crippen LogP contribution in [0.15, 0.2) is 51.1 Å². The van der Waals surface area contributed by atoms with Crippen LogP contribution >= 0.6 is 23.5 Å². The second-order valence-corrected chi connectivity index (χ2v) is 7.32. The number of carbonyl (C=O) groups is 1. The van der Waals surface area contributed by atoms with Crippen molar-refractivity contribution in [2.75, 3.05) is 23.2 Å². The maximum Gasteiger partial charge on any atom is 0.225 e. The molecule has 0 saturated heterocycles. The van der Waals surface area contributed by atoms with Crippen LogP contribution in [0.25, 0.3) is 11.4 Å². The molecule has 0 bridgehead atoms. The number of nitrogens with zero attached hydrogens (tertiary/aromatic N) is 3. The SMILES string of the molecule is CSc1ccccc1NC(=O)CCSc1nnc(-c2ccoc2C)n1N. The van der Waals surface area contributed by atoms with Gasteiger partial charge < -0.3 is 15.6 Å². The van der Waals surface area contributed by atoms with Crippen LogP contribution in [-0.2, 0) is 4.79 Å². The summed E-state index contributed by atoms with van der Waals surface area (Å²) in [6, 6.07) is 9.52. The molecule has 3 N–H and O–H groups in total. The largest absolute Gasteiger partial charge is 0.469 e. The van der Waals surface area contributed by atoms with E-state index in [4.69, 9.17) is 10.3 Å². The number of aromatic nitrogens is 3. The first-order chi connectivity index (χ1) is 12.6. The van der Waals surface area contributed by atoms with Gasteiger partial charge in [0.1, 0.15) is 5.76 Å². The molecule has 0 spiro atoms. The number of benzene rings is 1. The Balaban J connectivity index is 1.56. The first-order valence-corrected chi connectivity index (χ1v) is 10.1. The number of nitrogen functional groups attached to an aromatic ring is 1. The van der Waals surface area contributed by atoms with E-state index in [1.54, 1.807) is 24.1 Å². The quantitative estimate of drug-likeness (QED) is 0.472. The number of rotatable bonds is 7. The van der Waals surface area contributed by atoms with Crippen LogP contribution in [0, 0.1) is 6.92 Å². The van der Waals surface area contributed by atoms with E-state index >= 15 is 0 Å². The molecule has 7 nitrogen and oxygen atoms in total. The molecule has 0 radical (unpaired) electrons. The average Bonchev–Trinajstić information content (AvgIpc) is 3.21. The molecule has 2 aromatic heterocycles. The molecular formula is C17H19N5O2S2. The Labute approximate surface area is 159 Å². The number of nitrogens with one attached hydrogen (secondary N) is 1. The number of anilines is 1. The molecule has 1 amide bonds. The van der Waals surface area contributed by atoms with Gasteiger partial charge in [0.15, 0.2) is 5.82 Å². The number of carbonyl (C=O) groups excluding carboxylic acids is 1. The van der Waals surface area contributed by atoms with Gasteiger partial charge >= 0.3 is 0 Å². The zero-order valence-corrected chi connectivity index (χ0v) is 16.1. The molecule has 3 aromatic rings. The standard InChI is InChI=1S/C17H19N5O2S2/c1-11-12(7-9-24-11)16-20-21-17(22(16)18)26-10-8-15(23)19-13-5-3-4-6-14(13)25-2/h3-7,9H,8,10,18H2,1-2H3,(H,19,23). The third-order valence-electron chi connectivity index (χ3n) is 3.71. The number of nitrogens with two attached hydrogens (primary N) is 1. The smallest absolute Gasteiger partial charge is 0.225 e. The molecule has 0 atom stereocenters. The first-order valence-electron chi connectivity index (χ1n) is 7.90. The first kappa shape index (κ1) is 18.4. The predicted molar refractivity (Wildman–Crippen MR) is 105 cm³/mol. The van der Waals surface area contributed by atoms with E-state index in [9.17, 15) is 4.79 Å². The van der Waals surface area contributed by atoms with Gasteiger partial charge in [0, 0.05) is 17.1 Å². The molecule has 0 saturated carbocycles. The fourth-order valence-electron chi connectivity index (χ4n) is 2.37. The van der Waals surface area contributed by atoms with E-state index in [-0.39, 0.29) is 5.91 Å². The van der Waals surface area contributed by atoms with Crippen LogP contribution in [0.1, 0.15) is 12.2 Å². The van der Waals surface area contributed by atoms with Gasteiger partial charge in [0.05, 0.1) is 17.5 Å². The zero-order valence-electron chi connectivity index (χ0n) is 14.4. The molecule has 0 aliphatic heterocycles. The molecule has 26 heavy (non-hydrogen) atoms. The zero-order chi connectivity index (χ0) is 18.5. The van der Waals surface area contributed by atoms with Crippen LogP contribution in [-0.4, -0.2) is 32.8 Å². The lowest BCUT2D eigenvalue weighted by atomic mass is 10.2. The topological polar surface area (TPSA) is 99.0 Å². The lowest BCUT2D eigenvalue weighted by Crippen LogP contribution is -2.14. The molecule has 0 aliphatic carbocycles. The van der Waals surface area contributed by atoms with Gasteiger partial charge in [-0.1, -0.05) is 23.9 Å².